The SMILES string of the molecule is O=C1CC(c2ccccc2)CC(O)=C1C1=NCCS1. The van der Waals surface area contributed by atoms with Crippen molar-refractivity contribution in [1.29, 1.82) is 0 Å². The lowest BCUT2D eigenvalue weighted by Gasteiger charge is -2.23. The maximum Gasteiger partial charge on any atom is 0.169 e. The normalized spacial score (nSPS) is 23.7. The van der Waals surface area contributed by atoms with Crippen LogP contribution in [0.2, 0.25) is 0 Å². The van der Waals surface area contributed by atoms with Gasteiger partial charge in [-0.15, -0.1) is 11.8 Å². The highest BCUT2D eigenvalue weighted by Gasteiger charge is 2.32. The summed E-state index contributed by atoms with van der Waals surface area (Å²) in [7, 11) is 0. The molecule has 1 heterocycles. The first-order valence-corrected chi connectivity index (χ1v) is 7.42. The van der Waals surface area contributed by atoms with Crippen molar-refractivity contribution in [2.24, 2.45) is 4.99 Å². The standard InChI is InChI=1S/C15H15NO2S/c17-12-8-11(10-4-2-1-3-5-10)9-13(18)14(12)15-16-6-7-19-15/h1-5,11,17H,6-9H2. The van der Waals surface area contributed by atoms with Gasteiger partial charge >= 0.3 is 0 Å². The van der Waals surface area contributed by atoms with E-state index in [1.165, 1.54) is 0 Å². The van der Waals surface area contributed by atoms with E-state index in [1.54, 1.807) is 11.8 Å². The molecule has 1 atom stereocenters. The number of rotatable bonds is 2. The van der Waals surface area contributed by atoms with Gasteiger partial charge < -0.3 is 5.11 Å². The Morgan fingerprint density at radius 2 is 2.00 bits per heavy atom. The van der Waals surface area contributed by atoms with E-state index >= 15 is 0 Å². The van der Waals surface area contributed by atoms with Crippen molar-refractivity contribution < 1.29 is 9.90 Å². The van der Waals surface area contributed by atoms with Crippen molar-refractivity contribution in [3.8, 4) is 0 Å². The van der Waals surface area contributed by atoms with Crippen molar-refractivity contribution in [3.05, 3.63) is 47.2 Å². The summed E-state index contributed by atoms with van der Waals surface area (Å²) in [6.07, 6.45) is 0.994. The average molecular weight is 273 g/mol. The van der Waals surface area contributed by atoms with E-state index in [1.807, 2.05) is 30.3 Å². The third-order valence-corrected chi connectivity index (χ3v) is 4.50. The molecule has 98 valence electrons. The van der Waals surface area contributed by atoms with Crippen LogP contribution in [0.4, 0.5) is 0 Å². The average Bonchev–Trinajstić information content (AvgIpc) is 2.93. The Balaban J connectivity index is 1.88. The lowest BCUT2D eigenvalue weighted by atomic mass is 9.83. The molecule has 0 aromatic heterocycles. The van der Waals surface area contributed by atoms with Crippen molar-refractivity contribution in [1.82, 2.24) is 0 Å². The van der Waals surface area contributed by atoms with Crippen LogP contribution in [0.1, 0.15) is 24.3 Å². The molecule has 0 radical (unpaired) electrons. The highest BCUT2D eigenvalue weighted by atomic mass is 32.2. The molecule has 1 aliphatic carbocycles. The molecule has 19 heavy (non-hydrogen) atoms. The topological polar surface area (TPSA) is 49.7 Å². The van der Waals surface area contributed by atoms with Crippen LogP contribution in [0.15, 0.2) is 46.7 Å². The van der Waals surface area contributed by atoms with Gasteiger partial charge in [0.25, 0.3) is 0 Å². The molecule has 0 bridgehead atoms. The number of hydrogen-bond donors (Lipinski definition) is 1. The second-order valence-corrected chi connectivity index (χ2v) is 5.88. The lowest BCUT2D eigenvalue weighted by Crippen LogP contribution is -2.22. The van der Waals surface area contributed by atoms with Crippen LogP contribution in [0, 0.1) is 0 Å². The number of carbonyl (C=O) groups is 1. The van der Waals surface area contributed by atoms with Crippen molar-refractivity contribution in [2.45, 2.75) is 18.8 Å². The van der Waals surface area contributed by atoms with Gasteiger partial charge in [0.15, 0.2) is 5.78 Å². The number of ketones is 1. The summed E-state index contributed by atoms with van der Waals surface area (Å²) in [5.74, 6) is 1.22. The molecule has 0 amide bonds. The molecule has 1 aromatic rings. The molecule has 3 rings (SSSR count). The maximum atomic E-state index is 12.3. The number of allylic oxidation sites excluding steroid dienone is 1. The van der Waals surface area contributed by atoms with Gasteiger partial charge in [-0.3, -0.25) is 9.79 Å². The van der Waals surface area contributed by atoms with Gasteiger partial charge in [-0.2, -0.15) is 0 Å². The predicted molar refractivity (Wildman–Crippen MR) is 77.8 cm³/mol. The number of aliphatic hydroxyl groups is 1. The van der Waals surface area contributed by atoms with Crippen LogP contribution in [-0.2, 0) is 4.79 Å². The highest BCUT2D eigenvalue weighted by Crippen LogP contribution is 2.36. The quantitative estimate of drug-likeness (QED) is 0.900. The first-order chi connectivity index (χ1) is 9.25. The van der Waals surface area contributed by atoms with Gasteiger partial charge in [-0.25, -0.2) is 0 Å². The summed E-state index contributed by atoms with van der Waals surface area (Å²) in [6.45, 7) is 0.742. The monoisotopic (exact) mass is 273 g/mol. The zero-order chi connectivity index (χ0) is 13.2. The van der Waals surface area contributed by atoms with Crippen molar-refractivity contribution >= 4 is 22.6 Å². The van der Waals surface area contributed by atoms with Gasteiger partial charge in [0.05, 0.1) is 5.57 Å². The molecular formula is C15H15NO2S. The largest absolute Gasteiger partial charge is 0.511 e. The third kappa shape index (κ3) is 2.45. The molecule has 0 saturated carbocycles. The summed E-state index contributed by atoms with van der Waals surface area (Å²) < 4.78 is 0. The minimum absolute atomic E-state index is 0.0192. The van der Waals surface area contributed by atoms with Gasteiger partial charge in [-0.05, 0) is 11.5 Å². The Morgan fingerprint density at radius 1 is 1.21 bits per heavy atom. The van der Waals surface area contributed by atoms with Crippen LogP contribution in [0.25, 0.3) is 0 Å². The number of carbonyl (C=O) groups excluding carboxylic acids is 1. The molecule has 4 heteroatoms. The summed E-state index contributed by atoms with van der Waals surface area (Å²) in [4.78, 5) is 16.6. The molecule has 0 fully saturated rings. The molecule has 1 N–H and O–H groups in total. The molecule has 3 nitrogen and oxygen atoms in total. The Labute approximate surface area is 116 Å². The fourth-order valence-electron chi connectivity index (χ4n) is 2.58. The number of thioether (sulfide) groups is 1. The van der Waals surface area contributed by atoms with Crippen LogP contribution in [0.3, 0.4) is 0 Å². The van der Waals surface area contributed by atoms with Gasteiger partial charge in [0.1, 0.15) is 10.8 Å². The third-order valence-electron chi connectivity index (χ3n) is 3.51. The van der Waals surface area contributed by atoms with E-state index in [9.17, 15) is 9.90 Å². The lowest BCUT2D eigenvalue weighted by molar-refractivity contribution is -0.116. The van der Waals surface area contributed by atoms with Crippen molar-refractivity contribution in [3.63, 3.8) is 0 Å². The minimum Gasteiger partial charge on any atom is -0.511 e. The van der Waals surface area contributed by atoms with Crippen LogP contribution >= 0.6 is 11.8 Å². The van der Waals surface area contributed by atoms with Crippen LogP contribution in [-0.4, -0.2) is 28.2 Å². The first kappa shape index (κ1) is 12.5. The molecule has 0 saturated heterocycles. The van der Waals surface area contributed by atoms with E-state index in [2.05, 4.69) is 4.99 Å². The fraction of sp³-hybridized carbons (Fsp3) is 0.333. The Morgan fingerprint density at radius 3 is 2.63 bits per heavy atom. The Kier molecular flexibility index (Phi) is 3.42. The number of aliphatic imine (C=N–C) groups is 1. The van der Waals surface area contributed by atoms with Crippen LogP contribution < -0.4 is 0 Å². The number of aliphatic hydroxyl groups excluding tert-OH is 1. The zero-order valence-corrected chi connectivity index (χ0v) is 11.3. The molecule has 1 aliphatic heterocycles. The summed E-state index contributed by atoms with van der Waals surface area (Å²) in [5.41, 5.74) is 1.58. The maximum absolute atomic E-state index is 12.3. The van der Waals surface area contributed by atoms with Gasteiger partial charge in [0.2, 0.25) is 0 Å². The Bertz CT molecular complexity index is 563. The number of Topliss-reactive ketones (excluding diaryl/α,β-unsaturated/α-hetero) is 1. The Hall–Kier alpha value is -1.55. The molecule has 1 aromatic carbocycles. The fourth-order valence-corrected chi connectivity index (χ4v) is 3.52. The van der Waals surface area contributed by atoms with E-state index in [-0.39, 0.29) is 17.5 Å². The second-order valence-electron chi connectivity index (χ2n) is 4.80. The van der Waals surface area contributed by atoms with Gasteiger partial charge in [0, 0.05) is 25.1 Å². The van der Waals surface area contributed by atoms with Gasteiger partial charge in [-0.1, -0.05) is 30.3 Å². The zero-order valence-electron chi connectivity index (χ0n) is 10.5. The summed E-state index contributed by atoms with van der Waals surface area (Å²) >= 11 is 1.56. The minimum atomic E-state index is 0.0192. The number of hydrogen-bond acceptors (Lipinski definition) is 4. The first-order valence-electron chi connectivity index (χ1n) is 6.43. The molecule has 2 aliphatic rings. The van der Waals surface area contributed by atoms with Crippen molar-refractivity contribution in [2.75, 3.05) is 12.3 Å². The number of nitrogens with zero attached hydrogens (tertiary/aromatic N) is 1. The van der Waals surface area contributed by atoms with E-state index in [4.69, 9.17) is 0 Å². The smallest absolute Gasteiger partial charge is 0.169 e. The summed E-state index contributed by atoms with van der Waals surface area (Å²) in [6, 6.07) is 9.91. The summed E-state index contributed by atoms with van der Waals surface area (Å²) in [5, 5.41) is 10.9. The molecular weight excluding hydrogens is 258 g/mol. The van der Waals surface area contributed by atoms with E-state index in [0.29, 0.717) is 18.4 Å². The number of benzene rings is 1. The van der Waals surface area contributed by atoms with E-state index in [0.717, 1.165) is 22.9 Å². The van der Waals surface area contributed by atoms with Crippen LogP contribution in [0.5, 0.6) is 0 Å². The second kappa shape index (κ2) is 5.21. The predicted octanol–water partition coefficient (Wildman–Crippen LogP) is 3.09. The molecule has 0 spiro atoms. The highest BCUT2D eigenvalue weighted by molar-refractivity contribution is 8.14. The van der Waals surface area contributed by atoms with E-state index < -0.39 is 0 Å². The molecule has 1 unspecified atom stereocenters.